The molecule has 0 bridgehead atoms. The third-order valence-electron chi connectivity index (χ3n) is 3.06. The lowest BCUT2D eigenvalue weighted by Gasteiger charge is -2.09. The van der Waals surface area contributed by atoms with Crippen molar-refractivity contribution in [3.63, 3.8) is 0 Å². The van der Waals surface area contributed by atoms with Gasteiger partial charge in [-0.3, -0.25) is 0 Å². The highest BCUT2D eigenvalue weighted by Gasteiger charge is 2.19. The molecule has 7 nitrogen and oxygen atoms in total. The molecule has 0 amide bonds. The van der Waals surface area contributed by atoms with Gasteiger partial charge in [-0.05, 0) is 24.6 Å². The zero-order valence-electron chi connectivity index (χ0n) is 12.6. The van der Waals surface area contributed by atoms with Crippen LogP contribution in [-0.2, 0) is 23.0 Å². The summed E-state index contributed by atoms with van der Waals surface area (Å²) in [4.78, 5) is 15.3. The molecular formula is C14H16N2O5S2. The molecule has 0 radical (unpaired) electrons. The van der Waals surface area contributed by atoms with Crippen molar-refractivity contribution in [3.8, 4) is 5.75 Å². The van der Waals surface area contributed by atoms with Crippen molar-refractivity contribution < 1.29 is 23.1 Å². The first-order chi connectivity index (χ1) is 10.9. The van der Waals surface area contributed by atoms with E-state index < -0.39 is 16.0 Å². The molecule has 1 aromatic heterocycles. The second-order valence-electron chi connectivity index (χ2n) is 4.58. The highest BCUT2D eigenvalue weighted by Crippen LogP contribution is 2.22. The number of ether oxygens (including phenoxy) is 1. The monoisotopic (exact) mass is 356 g/mol. The third kappa shape index (κ3) is 4.06. The summed E-state index contributed by atoms with van der Waals surface area (Å²) in [5.74, 6) is -1.16. The SMILES string of the molecule is CCc1nc(CNS(=O)(=O)c2ccc(OC)c(C(=O)O)c2)cs1. The first-order valence-electron chi connectivity index (χ1n) is 6.71. The molecule has 1 aromatic carbocycles. The highest BCUT2D eigenvalue weighted by atomic mass is 32.2. The molecule has 124 valence electrons. The number of sulfonamides is 1. The summed E-state index contributed by atoms with van der Waals surface area (Å²) in [6.07, 6.45) is 0.790. The Morgan fingerprint density at radius 2 is 2.17 bits per heavy atom. The van der Waals surface area contributed by atoms with Gasteiger partial charge >= 0.3 is 5.97 Å². The number of aromatic nitrogens is 1. The molecule has 0 saturated heterocycles. The molecule has 0 aliphatic rings. The lowest BCUT2D eigenvalue weighted by molar-refractivity contribution is 0.0693. The number of nitrogens with one attached hydrogen (secondary N) is 1. The van der Waals surface area contributed by atoms with Crippen LogP contribution in [0.1, 0.15) is 28.0 Å². The second-order valence-corrected chi connectivity index (χ2v) is 7.29. The van der Waals surface area contributed by atoms with Crippen molar-refractivity contribution in [2.24, 2.45) is 0 Å². The maximum absolute atomic E-state index is 12.3. The number of aromatic carboxylic acids is 1. The lowest BCUT2D eigenvalue weighted by Crippen LogP contribution is -2.23. The number of rotatable bonds is 7. The summed E-state index contributed by atoms with van der Waals surface area (Å²) in [6, 6.07) is 3.68. The van der Waals surface area contributed by atoms with E-state index in [9.17, 15) is 13.2 Å². The van der Waals surface area contributed by atoms with E-state index in [0.29, 0.717) is 5.69 Å². The van der Waals surface area contributed by atoms with Gasteiger partial charge < -0.3 is 9.84 Å². The summed E-state index contributed by atoms with van der Waals surface area (Å²) < 4.78 is 31.9. The van der Waals surface area contributed by atoms with Gasteiger partial charge in [0, 0.05) is 5.38 Å². The molecule has 0 aliphatic carbocycles. The van der Waals surface area contributed by atoms with Gasteiger partial charge in [-0.1, -0.05) is 6.92 Å². The Kier molecular flexibility index (Phi) is 5.34. The van der Waals surface area contributed by atoms with E-state index in [1.807, 2.05) is 6.92 Å². The number of nitrogens with zero attached hydrogens (tertiary/aromatic N) is 1. The number of methoxy groups -OCH3 is 1. The van der Waals surface area contributed by atoms with Crippen LogP contribution in [0.3, 0.4) is 0 Å². The van der Waals surface area contributed by atoms with E-state index in [0.717, 1.165) is 17.5 Å². The molecule has 0 atom stereocenters. The Morgan fingerprint density at radius 3 is 2.74 bits per heavy atom. The largest absolute Gasteiger partial charge is 0.496 e. The van der Waals surface area contributed by atoms with E-state index in [2.05, 4.69) is 9.71 Å². The van der Waals surface area contributed by atoms with E-state index in [-0.39, 0.29) is 22.8 Å². The van der Waals surface area contributed by atoms with E-state index in [1.54, 1.807) is 5.38 Å². The van der Waals surface area contributed by atoms with E-state index in [4.69, 9.17) is 9.84 Å². The molecule has 1 heterocycles. The van der Waals surface area contributed by atoms with Crippen molar-refractivity contribution in [3.05, 3.63) is 39.8 Å². The summed E-state index contributed by atoms with van der Waals surface area (Å²) in [7, 11) is -2.52. The fraction of sp³-hybridized carbons (Fsp3) is 0.286. The maximum atomic E-state index is 12.3. The highest BCUT2D eigenvalue weighted by molar-refractivity contribution is 7.89. The first kappa shape index (κ1) is 17.4. The minimum atomic E-state index is -3.84. The van der Waals surface area contributed by atoms with E-state index >= 15 is 0 Å². The predicted molar refractivity (Wildman–Crippen MR) is 85.5 cm³/mol. The van der Waals surface area contributed by atoms with Crippen LogP contribution in [0.25, 0.3) is 0 Å². The first-order valence-corrected chi connectivity index (χ1v) is 9.08. The van der Waals surface area contributed by atoms with Crippen LogP contribution in [0.2, 0.25) is 0 Å². The van der Waals surface area contributed by atoms with E-state index in [1.165, 1.54) is 30.6 Å². The zero-order chi connectivity index (χ0) is 17.0. The van der Waals surface area contributed by atoms with Crippen LogP contribution in [0, 0.1) is 0 Å². The lowest BCUT2D eigenvalue weighted by atomic mass is 10.2. The zero-order valence-corrected chi connectivity index (χ0v) is 14.2. The Bertz CT molecular complexity index is 814. The number of thiazole rings is 1. The Hall–Kier alpha value is -1.97. The summed E-state index contributed by atoms with van der Waals surface area (Å²) in [5, 5.41) is 11.8. The number of carboxylic acids is 1. The molecule has 2 rings (SSSR count). The van der Waals surface area contributed by atoms with Gasteiger partial charge in [0.05, 0.1) is 29.3 Å². The minimum absolute atomic E-state index is 0.0489. The number of carboxylic acid groups (broad SMARTS) is 1. The molecular weight excluding hydrogens is 340 g/mol. The van der Waals surface area contributed by atoms with Crippen LogP contribution in [0.5, 0.6) is 5.75 Å². The third-order valence-corrected chi connectivity index (χ3v) is 5.50. The summed E-state index contributed by atoms with van der Waals surface area (Å²) in [5.41, 5.74) is 0.416. The van der Waals surface area contributed by atoms with Crippen LogP contribution in [0.4, 0.5) is 0 Å². The summed E-state index contributed by atoms with van der Waals surface area (Å²) in [6.45, 7) is 2.02. The van der Waals surface area contributed by atoms with Gasteiger partial charge in [0.2, 0.25) is 10.0 Å². The fourth-order valence-corrected chi connectivity index (χ4v) is 3.64. The predicted octanol–water partition coefficient (Wildman–Crippen LogP) is 1.89. The van der Waals surface area contributed by atoms with Crippen LogP contribution in [-0.4, -0.2) is 31.6 Å². The molecule has 0 saturated carbocycles. The average Bonchev–Trinajstić information content (AvgIpc) is 3.00. The van der Waals surface area contributed by atoms with Gasteiger partial charge in [0.1, 0.15) is 11.3 Å². The quantitative estimate of drug-likeness (QED) is 0.785. The number of carbonyl (C=O) groups is 1. The fourth-order valence-electron chi connectivity index (χ4n) is 1.87. The molecule has 0 aliphatic heterocycles. The normalized spacial score (nSPS) is 11.4. The van der Waals surface area contributed by atoms with Crippen molar-refractivity contribution in [1.82, 2.24) is 9.71 Å². The molecule has 2 aromatic rings. The summed E-state index contributed by atoms with van der Waals surface area (Å²) >= 11 is 1.47. The number of aryl methyl sites for hydroxylation is 1. The Balaban J connectivity index is 2.22. The molecule has 0 spiro atoms. The second kappa shape index (κ2) is 7.07. The molecule has 0 unspecified atom stereocenters. The molecule has 2 N–H and O–H groups in total. The van der Waals surface area contributed by atoms with Gasteiger partial charge in [0.25, 0.3) is 0 Å². The van der Waals surface area contributed by atoms with Crippen LogP contribution < -0.4 is 9.46 Å². The molecule has 23 heavy (non-hydrogen) atoms. The standard InChI is InChI=1S/C14H16N2O5S2/c1-3-13-16-9(8-22-13)7-15-23(19,20)10-4-5-12(21-2)11(6-10)14(17)18/h4-6,8,15H,3,7H2,1-2H3,(H,17,18). The molecule has 9 heteroatoms. The van der Waals surface area contributed by atoms with Gasteiger partial charge in [-0.2, -0.15) is 0 Å². The van der Waals surface area contributed by atoms with Gasteiger partial charge in [-0.25, -0.2) is 22.9 Å². The average molecular weight is 356 g/mol. The molecule has 0 fully saturated rings. The van der Waals surface area contributed by atoms with Crippen LogP contribution >= 0.6 is 11.3 Å². The Morgan fingerprint density at radius 1 is 1.43 bits per heavy atom. The maximum Gasteiger partial charge on any atom is 0.339 e. The van der Waals surface area contributed by atoms with Gasteiger partial charge in [-0.15, -0.1) is 11.3 Å². The Labute approximate surface area is 138 Å². The van der Waals surface area contributed by atoms with Crippen molar-refractivity contribution in [1.29, 1.82) is 0 Å². The number of hydrogen-bond acceptors (Lipinski definition) is 6. The van der Waals surface area contributed by atoms with Crippen molar-refractivity contribution in [2.75, 3.05) is 7.11 Å². The smallest absolute Gasteiger partial charge is 0.339 e. The van der Waals surface area contributed by atoms with Gasteiger partial charge in [0.15, 0.2) is 0 Å². The van der Waals surface area contributed by atoms with Crippen molar-refractivity contribution in [2.45, 2.75) is 24.8 Å². The van der Waals surface area contributed by atoms with Crippen LogP contribution in [0.15, 0.2) is 28.5 Å². The van der Waals surface area contributed by atoms with Crippen molar-refractivity contribution >= 4 is 27.3 Å². The minimum Gasteiger partial charge on any atom is -0.496 e. The number of hydrogen-bond donors (Lipinski definition) is 2. The topological polar surface area (TPSA) is 106 Å². The number of benzene rings is 1.